The van der Waals surface area contributed by atoms with Crippen LogP contribution < -0.4 is 19.7 Å². The number of anilines is 2. The Morgan fingerprint density at radius 1 is 1.10 bits per heavy atom. The summed E-state index contributed by atoms with van der Waals surface area (Å²) < 4.78 is 15.4. The molecule has 0 radical (unpaired) electrons. The van der Waals surface area contributed by atoms with Crippen LogP contribution in [0.15, 0.2) is 48.5 Å². The molecule has 0 aliphatic carbocycles. The average molecular weight is 396 g/mol. The summed E-state index contributed by atoms with van der Waals surface area (Å²) in [5, 5.41) is 2.69. The lowest BCUT2D eigenvalue weighted by Crippen LogP contribution is -2.43. The van der Waals surface area contributed by atoms with E-state index in [2.05, 4.69) is 5.32 Å². The average Bonchev–Trinajstić information content (AvgIpc) is 2.74. The minimum atomic E-state index is -0.685. The van der Waals surface area contributed by atoms with Gasteiger partial charge in [-0.3, -0.25) is 14.5 Å². The maximum absolute atomic E-state index is 12.5. The van der Waals surface area contributed by atoms with Crippen LogP contribution in [0.4, 0.5) is 11.4 Å². The number of fused-ring (bicyclic) bond motifs is 1. The molecule has 0 bridgehead atoms. The minimum Gasteiger partial charge on any atom is -0.497 e. The van der Waals surface area contributed by atoms with Crippen LogP contribution in [0.1, 0.15) is 5.56 Å². The fourth-order valence-corrected chi connectivity index (χ4v) is 2.80. The van der Waals surface area contributed by atoms with Gasteiger partial charge in [0.2, 0.25) is 5.91 Å². The fraction of sp³-hybridized carbons (Fsp3) is 0.190. The van der Waals surface area contributed by atoms with Gasteiger partial charge in [0, 0.05) is 12.1 Å². The van der Waals surface area contributed by atoms with Crippen LogP contribution in [0, 0.1) is 0 Å². The van der Waals surface area contributed by atoms with E-state index in [4.69, 9.17) is 14.2 Å². The first-order chi connectivity index (χ1) is 14.0. The van der Waals surface area contributed by atoms with Gasteiger partial charge in [0.25, 0.3) is 5.91 Å². The van der Waals surface area contributed by atoms with Crippen molar-refractivity contribution in [1.82, 2.24) is 0 Å². The number of hydrogen-bond acceptors (Lipinski definition) is 6. The fourth-order valence-electron chi connectivity index (χ4n) is 2.80. The van der Waals surface area contributed by atoms with Gasteiger partial charge in [0.1, 0.15) is 18.0 Å². The van der Waals surface area contributed by atoms with Crippen molar-refractivity contribution in [2.75, 3.05) is 37.6 Å². The number of methoxy groups -OCH3 is 2. The lowest BCUT2D eigenvalue weighted by molar-refractivity contribution is -0.143. The Bertz CT molecular complexity index is 947. The van der Waals surface area contributed by atoms with Gasteiger partial charge in [0.05, 0.1) is 25.6 Å². The second kappa shape index (κ2) is 8.92. The number of carbonyl (C=O) groups is 3. The summed E-state index contributed by atoms with van der Waals surface area (Å²) in [6.07, 6.45) is 2.74. The lowest BCUT2D eigenvalue weighted by Gasteiger charge is -2.28. The summed E-state index contributed by atoms with van der Waals surface area (Å²) in [4.78, 5) is 37.6. The normalized spacial score (nSPS) is 12.9. The van der Waals surface area contributed by atoms with E-state index in [1.807, 2.05) is 0 Å². The van der Waals surface area contributed by atoms with Gasteiger partial charge in [-0.1, -0.05) is 12.1 Å². The third-order valence-corrected chi connectivity index (χ3v) is 4.20. The van der Waals surface area contributed by atoms with Gasteiger partial charge in [-0.25, -0.2) is 4.79 Å². The predicted molar refractivity (Wildman–Crippen MR) is 107 cm³/mol. The van der Waals surface area contributed by atoms with Crippen LogP contribution in [0.3, 0.4) is 0 Å². The predicted octanol–water partition coefficient (Wildman–Crippen LogP) is 2.25. The highest BCUT2D eigenvalue weighted by Crippen LogP contribution is 2.29. The maximum atomic E-state index is 12.5. The van der Waals surface area contributed by atoms with Gasteiger partial charge in [-0.05, 0) is 35.9 Å². The number of para-hydroxylation sites is 2. The number of nitrogens with one attached hydrogen (secondary N) is 1. The van der Waals surface area contributed by atoms with Crippen molar-refractivity contribution < 1.29 is 28.6 Å². The maximum Gasteiger partial charge on any atom is 0.331 e. The molecule has 0 saturated heterocycles. The quantitative estimate of drug-likeness (QED) is 0.595. The van der Waals surface area contributed by atoms with Crippen LogP contribution in [0.5, 0.6) is 11.5 Å². The number of amides is 2. The van der Waals surface area contributed by atoms with E-state index in [1.54, 1.807) is 42.5 Å². The number of benzene rings is 2. The van der Waals surface area contributed by atoms with Gasteiger partial charge >= 0.3 is 5.97 Å². The summed E-state index contributed by atoms with van der Waals surface area (Å²) in [6, 6.07) is 12.1. The third kappa shape index (κ3) is 4.92. The number of nitrogens with zero attached hydrogens (tertiary/aromatic N) is 1. The molecule has 1 aliphatic heterocycles. The summed E-state index contributed by atoms with van der Waals surface area (Å²) in [5.74, 6) is -0.327. The summed E-state index contributed by atoms with van der Waals surface area (Å²) >= 11 is 0. The highest BCUT2D eigenvalue weighted by Gasteiger charge is 2.26. The second-order valence-corrected chi connectivity index (χ2v) is 6.13. The van der Waals surface area contributed by atoms with Crippen molar-refractivity contribution in [2.24, 2.45) is 0 Å². The lowest BCUT2D eigenvalue weighted by atomic mass is 10.2. The van der Waals surface area contributed by atoms with Gasteiger partial charge in [-0.2, -0.15) is 0 Å². The zero-order valence-corrected chi connectivity index (χ0v) is 16.0. The van der Waals surface area contributed by atoms with Crippen molar-refractivity contribution in [3.05, 3.63) is 54.1 Å². The molecule has 1 heterocycles. The molecular formula is C21H20N2O6. The second-order valence-electron chi connectivity index (χ2n) is 6.13. The number of esters is 1. The van der Waals surface area contributed by atoms with Crippen molar-refractivity contribution >= 4 is 35.2 Å². The SMILES string of the molecule is COc1cc(/C=C/C(=O)OCC(=O)N2CC(=O)Nc3ccccc32)cc(OC)c1. The molecule has 3 rings (SSSR count). The van der Waals surface area contributed by atoms with Crippen molar-refractivity contribution in [2.45, 2.75) is 0 Å². The molecule has 0 fully saturated rings. The molecule has 150 valence electrons. The molecule has 0 aromatic heterocycles. The Kier molecular flexibility index (Phi) is 6.13. The van der Waals surface area contributed by atoms with E-state index in [1.165, 1.54) is 31.3 Å². The molecule has 0 atom stereocenters. The molecule has 8 heteroatoms. The Hall–Kier alpha value is -3.81. The molecule has 0 saturated carbocycles. The highest BCUT2D eigenvalue weighted by atomic mass is 16.5. The Labute approximate surface area is 167 Å². The van der Waals surface area contributed by atoms with E-state index >= 15 is 0 Å². The van der Waals surface area contributed by atoms with Crippen LogP contribution in [-0.4, -0.2) is 45.2 Å². The van der Waals surface area contributed by atoms with E-state index in [9.17, 15) is 14.4 Å². The van der Waals surface area contributed by atoms with Gasteiger partial charge in [-0.15, -0.1) is 0 Å². The first kappa shape index (κ1) is 19.9. The Morgan fingerprint density at radius 3 is 2.48 bits per heavy atom. The van der Waals surface area contributed by atoms with E-state index < -0.39 is 18.5 Å². The zero-order valence-electron chi connectivity index (χ0n) is 16.0. The van der Waals surface area contributed by atoms with E-state index in [0.717, 1.165) is 0 Å². The molecule has 0 unspecified atom stereocenters. The van der Waals surface area contributed by atoms with Crippen LogP contribution >= 0.6 is 0 Å². The molecular weight excluding hydrogens is 376 g/mol. The first-order valence-corrected chi connectivity index (χ1v) is 8.77. The minimum absolute atomic E-state index is 0.132. The molecule has 1 N–H and O–H groups in total. The summed E-state index contributed by atoms with van der Waals surface area (Å²) in [7, 11) is 3.06. The van der Waals surface area contributed by atoms with E-state index in [-0.39, 0.29) is 12.5 Å². The summed E-state index contributed by atoms with van der Waals surface area (Å²) in [6.45, 7) is -0.612. The Morgan fingerprint density at radius 2 is 1.79 bits per heavy atom. The summed E-state index contributed by atoms with van der Waals surface area (Å²) in [5.41, 5.74) is 1.77. The van der Waals surface area contributed by atoms with Gasteiger partial charge in [0.15, 0.2) is 6.61 Å². The molecule has 2 amide bonds. The molecule has 2 aromatic carbocycles. The molecule has 2 aromatic rings. The van der Waals surface area contributed by atoms with Crippen molar-refractivity contribution in [3.8, 4) is 11.5 Å². The molecule has 29 heavy (non-hydrogen) atoms. The van der Waals surface area contributed by atoms with Crippen LogP contribution in [0.25, 0.3) is 6.08 Å². The smallest absolute Gasteiger partial charge is 0.331 e. The number of hydrogen-bond donors (Lipinski definition) is 1. The van der Waals surface area contributed by atoms with E-state index in [0.29, 0.717) is 28.4 Å². The van der Waals surface area contributed by atoms with Gasteiger partial charge < -0.3 is 19.5 Å². The monoisotopic (exact) mass is 396 g/mol. The zero-order chi connectivity index (χ0) is 20.8. The Balaban J connectivity index is 1.62. The first-order valence-electron chi connectivity index (χ1n) is 8.77. The standard InChI is InChI=1S/C21H20N2O6/c1-27-15-9-14(10-16(11-15)28-2)7-8-21(26)29-13-20(25)23-12-19(24)22-17-5-3-4-6-18(17)23/h3-11H,12-13H2,1-2H3,(H,22,24)/b8-7+. The van der Waals surface area contributed by atoms with Crippen molar-refractivity contribution in [3.63, 3.8) is 0 Å². The number of rotatable bonds is 6. The third-order valence-electron chi connectivity index (χ3n) is 4.20. The molecule has 1 aliphatic rings. The van der Waals surface area contributed by atoms with Crippen LogP contribution in [0.2, 0.25) is 0 Å². The molecule has 8 nitrogen and oxygen atoms in total. The topological polar surface area (TPSA) is 94.2 Å². The number of ether oxygens (including phenoxy) is 3. The molecule has 0 spiro atoms. The van der Waals surface area contributed by atoms with Crippen molar-refractivity contribution in [1.29, 1.82) is 0 Å². The highest BCUT2D eigenvalue weighted by molar-refractivity contribution is 6.10. The largest absolute Gasteiger partial charge is 0.497 e. The van der Waals surface area contributed by atoms with Crippen LogP contribution in [-0.2, 0) is 19.1 Å². The number of carbonyl (C=O) groups excluding carboxylic acids is 3.